The molecule has 0 fully saturated rings. The van der Waals surface area contributed by atoms with Crippen LogP contribution < -0.4 is 10.1 Å². The molecule has 0 saturated heterocycles. The summed E-state index contributed by atoms with van der Waals surface area (Å²) < 4.78 is 23.5. The van der Waals surface area contributed by atoms with Crippen LogP contribution in [0, 0.1) is 5.82 Å². The molecule has 1 amide bonds. The molecule has 30 heavy (non-hydrogen) atoms. The van der Waals surface area contributed by atoms with Gasteiger partial charge in [-0.3, -0.25) is 4.79 Å². The fraction of sp³-hybridized carbons (Fsp3) is 0.130. The topological polar surface area (TPSA) is 64.6 Å². The molecule has 3 aromatic rings. The highest BCUT2D eigenvalue weighted by Gasteiger charge is 2.18. The molecule has 0 bridgehead atoms. The maximum absolute atomic E-state index is 13.1. The molecule has 0 spiro atoms. The van der Waals surface area contributed by atoms with Crippen LogP contribution in [-0.4, -0.2) is 19.0 Å². The predicted octanol–water partition coefficient (Wildman–Crippen LogP) is 5.55. The van der Waals surface area contributed by atoms with Gasteiger partial charge in [0.2, 0.25) is 0 Å². The molecular formula is C23H19ClFNO4. The number of benzene rings is 3. The first-order valence-electron chi connectivity index (χ1n) is 9.09. The first-order valence-corrected chi connectivity index (χ1v) is 9.47. The minimum absolute atomic E-state index is 0.241. The van der Waals surface area contributed by atoms with Crippen LogP contribution in [0.5, 0.6) is 11.5 Å². The summed E-state index contributed by atoms with van der Waals surface area (Å²) in [5.74, 6) is -0.529. The van der Waals surface area contributed by atoms with Crippen molar-refractivity contribution in [3.05, 3.63) is 94.3 Å². The van der Waals surface area contributed by atoms with E-state index in [-0.39, 0.29) is 29.1 Å². The fourth-order valence-corrected chi connectivity index (χ4v) is 2.95. The van der Waals surface area contributed by atoms with Gasteiger partial charge in [-0.1, -0.05) is 23.7 Å². The number of nitrogens with one attached hydrogen (secondary N) is 1. The largest absolute Gasteiger partial charge is 0.465 e. The number of amides is 1. The second-order valence-corrected chi connectivity index (χ2v) is 6.94. The average molecular weight is 428 g/mol. The van der Waals surface area contributed by atoms with Crippen LogP contribution in [0.2, 0.25) is 5.02 Å². The Kier molecular flexibility index (Phi) is 6.69. The number of methoxy groups -OCH3 is 1. The van der Waals surface area contributed by atoms with Gasteiger partial charge in [-0.2, -0.15) is 0 Å². The highest BCUT2D eigenvalue weighted by Crippen LogP contribution is 2.29. The third-order valence-electron chi connectivity index (χ3n) is 4.41. The van der Waals surface area contributed by atoms with Crippen LogP contribution >= 0.6 is 11.6 Å². The van der Waals surface area contributed by atoms with Crippen molar-refractivity contribution in [1.82, 2.24) is 5.32 Å². The molecular weight excluding hydrogens is 409 g/mol. The van der Waals surface area contributed by atoms with Gasteiger partial charge in [-0.05, 0) is 67.1 Å². The van der Waals surface area contributed by atoms with Crippen LogP contribution in [-0.2, 0) is 4.74 Å². The van der Waals surface area contributed by atoms with Gasteiger partial charge in [0.25, 0.3) is 5.91 Å². The summed E-state index contributed by atoms with van der Waals surface area (Å²) in [6.45, 7) is 1.82. The number of halogens is 2. The Balaban J connectivity index is 1.78. The van der Waals surface area contributed by atoms with Gasteiger partial charge in [-0.15, -0.1) is 0 Å². The van der Waals surface area contributed by atoms with Gasteiger partial charge < -0.3 is 14.8 Å². The number of hydrogen-bond donors (Lipinski definition) is 1. The summed E-state index contributed by atoms with van der Waals surface area (Å²) in [6.07, 6.45) is 0. The maximum atomic E-state index is 13.1. The SMILES string of the molecule is COC(=O)c1ccc([C@H](C)NC(=O)c2cc(Cl)ccc2Oc2ccc(F)cc2)cc1. The molecule has 0 unspecified atom stereocenters. The summed E-state index contributed by atoms with van der Waals surface area (Å²) >= 11 is 6.07. The minimum atomic E-state index is -0.431. The van der Waals surface area contributed by atoms with Crippen LogP contribution in [0.1, 0.15) is 39.2 Å². The number of carbonyl (C=O) groups is 2. The molecule has 0 aliphatic rings. The van der Waals surface area contributed by atoms with Gasteiger partial charge in [-0.25, -0.2) is 9.18 Å². The molecule has 3 rings (SSSR count). The molecule has 1 N–H and O–H groups in total. The van der Waals surface area contributed by atoms with E-state index in [0.717, 1.165) is 5.56 Å². The zero-order chi connectivity index (χ0) is 21.7. The molecule has 1 atom stereocenters. The first kappa shape index (κ1) is 21.3. The number of hydrogen-bond acceptors (Lipinski definition) is 4. The smallest absolute Gasteiger partial charge is 0.337 e. The molecule has 0 saturated carbocycles. The Bertz CT molecular complexity index is 1050. The number of carbonyl (C=O) groups excluding carboxylic acids is 2. The second kappa shape index (κ2) is 9.41. The van der Waals surface area contributed by atoms with Gasteiger partial charge in [0, 0.05) is 5.02 Å². The highest BCUT2D eigenvalue weighted by molar-refractivity contribution is 6.31. The first-order chi connectivity index (χ1) is 14.4. The van der Waals surface area contributed by atoms with Crippen molar-refractivity contribution in [3.63, 3.8) is 0 Å². The van der Waals surface area contributed by atoms with Crippen molar-refractivity contribution in [2.24, 2.45) is 0 Å². The van der Waals surface area contributed by atoms with Crippen molar-refractivity contribution >= 4 is 23.5 Å². The van der Waals surface area contributed by atoms with E-state index in [9.17, 15) is 14.0 Å². The van der Waals surface area contributed by atoms with E-state index >= 15 is 0 Å². The molecule has 3 aromatic carbocycles. The fourth-order valence-electron chi connectivity index (χ4n) is 2.78. The zero-order valence-electron chi connectivity index (χ0n) is 16.3. The van der Waals surface area contributed by atoms with Crippen LogP contribution in [0.3, 0.4) is 0 Å². The van der Waals surface area contributed by atoms with Crippen LogP contribution in [0.25, 0.3) is 0 Å². The van der Waals surface area contributed by atoms with Crippen molar-refractivity contribution in [2.45, 2.75) is 13.0 Å². The lowest BCUT2D eigenvalue weighted by Gasteiger charge is -2.17. The molecule has 0 aromatic heterocycles. The number of rotatable bonds is 6. The third kappa shape index (κ3) is 5.15. The molecule has 7 heteroatoms. The number of ether oxygens (including phenoxy) is 2. The van der Waals surface area contributed by atoms with E-state index in [1.165, 1.54) is 37.4 Å². The molecule has 0 aliphatic heterocycles. The third-order valence-corrected chi connectivity index (χ3v) is 4.64. The Labute approximate surface area is 178 Å². The lowest BCUT2D eigenvalue weighted by atomic mass is 10.1. The molecule has 5 nitrogen and oxygen atoms in total. The van der Waals surface area contributed by atoms with E-state index in [1.807, 2.05) is 6.92 Å². The minimum Gasteiger partial charge on any atom is -0.465 e. The zero-order valence-corrected chi connectivity index (χ0v) is 17.1. The van der Waals surface area contributed by atoms with E-state index in [4.69, 9.17) is 16.3 Å². The summed E-state index contributed by atoms with van der Waals surface area (Å²) in [6, 6.07) is 16.6. The van der Waals surface area contributed by atoms with Crippen molar-refractivity contribution in [1.29, 1.82) is 0 Å². The van der Waals surface area contributed by atoms with E-state index in [2.05, 4.69) is 10.1 Å². The second-order valence-electron chi connectivity index (χ2n) is 6.51. The number of esters is 1. The average Bonchev–Trinajstić information content (AvgIpc) is 2.76. The summed E-state index contributed by atoms with van der Waals surface area (Å²) in [4.78, 5) is 24.4. The van der Waals surface area contributed by atoms with Crippen molar-refractivity contribution in [3.8, 4) is 11.5 Å². The summed E-state index contributed by atoms with van der Waals surface area (Å²) in [7, 11) is 1.32. The highest BCUT2D eigenvalue weighted by atomic mass is 35.5. The van der Waals surface area contributed by atoms with Crippen molar-refractivity contribution < 1.29 is 23.5 Å². The van der Waals surface area contributed by atoms with E-state index in [0.29, 0.717) is 16.3 Å². The Morgan fingerprint density at radius 3 is 2.30 bits per heavy atom. The normalized spacial score (nSPS) is 11.5. The summed E-state index contributed by atoms with van der Waals surface area (Å²) in [5, 5.41) is 3.26. The van der Waals surface area contributed by atoms with Gasteiger partial charge in [0.1, 0.15) is 17.3 Å². The van der Waals surface area contributed by atoms with Gasteiger partial charge in [0.05, 0.1) is 24.3 Å². The van der Waals surface area contributed by atoms with E-state index in [1.54, 1.807) is 36.4 Å². The quantitative estimate of drug-likeness (QED) is 0.524. The Morgan fingerprint density at radius 2 is 1.67 bits per heavy atom. The maximum Gasteiger partial charge on any atom is 0.337 e. The lowest BCUT2D eigenvalue weighted by molar-refractivity contribution is 0.0600. The Morgan fingerprint density at radius 1 is 1.00 bits per heavy atom. The monoisotopic (exact) mass is 427 g/mol. The van der Waals surface area contributed by atoms with Crippen molar-refractivity contribution in [2.75, 3.05) is 7.11 Å². The lowest BCUT2D eigenvalue weighted by Crippen LogP contribution is -2.27. The molecule has 0 radical (unpaired) electrons. The van der Waals surface area contributed by atoms with Gasteiger partial charge in [0.15, 0.2) is 0 Å². The summed E-state index contributed by atoms with van der Waals surface area (Å²) in [5.41, 5.74) is 1.47. The predicted molar refractivity (Wildman–Crippen MR) is 112 cm³/mol. The van der Waals surface area contributed by atoms with E-state index < -0.39 is 5.97 Å². The van der Waals surface area contributed by atoms with Crippen LogP contribution in [0.15, 0.2) is 66.7 Å². The standard InChI is InChI=1S/C23H19ClFNO4/c1-14(15-3-5-16(6-4-15)23(28)29-2)26-22(27)20-13-17(24)7-12-21(20)30-19-10-8-18(25)9-11-19/h3-14H,1-2H3,(H,26,27)/t14-/m0/s1. The van der Waals surface area contributed by atoms with Crippen LogP contribution in [0.4, 0.5) is 4.39 Å². The Hall–Kier alpha value is -3.38. The molecule has 0 heterocycles. The molecule has 154 valence electrons. The van der Waals surface area contributed by atoms with Gasteiger partial charge >= 0.3 is 5.97 Å². The molecule has 0 aliphatic carbocycles.